The summed E-state index contributed by atoms with van der Waals surface area (Å²) in [5.41, 5.74) is -0.407. The summed E-state index contributed by atoms with van der Waals surface area (Å²) in [5, 5.41) is 10.2. The Kier molecular flexibility index (Phi) is 5.08. The van der Waals surface area contributed by atoms with Crippen molar-refractivity contribution in [1.29, 1.82) is 0 Å². The first-order valence-corrected chi connectivity index (χ1v) is 7.97. The van der Waals surface area contributed by atoms with Gasteiger partial charge in [-0.1, -0.05) is 12.8 Å². The Balaban J connectivity index is 2.01. The molecule has 0 aromatic rings. The predicted molar refractivity (Wildman–Crippen MR) is 78.4 cm³/mol. The standard InChI is InChI=1S/C16H29NO3/c1-16(2,20-3)11-15(19)17-10-6-8-13(17)12-7-4-5-9-14(12)18/h12-14,18H,4-11H2,1-3H3. The molecule has 4 nitrogen and oxygen atoms in total. The second kappa shape index (κ2) is 6.44. The summed E-state index contributed by atoms with van der Waals surface area (Å²) < 4.78 is 5.37. The largest absolute Gasteiger partial charge is 0.393 e. The van der Waals surface area contributed by atoms with Crippen molar-refractivity contribution in [2.24, 2.45) is 5.92 Å². The molecule has 3 atom stereocenters. The summed E-state index contributed by atoms with van der Waals surface area (Å²) in [7, 11) is 1.65. The Morgan fingerprint density at radius 3 is 2.60 bits per heavy atom. The van der Waals surface area contributed by atoms with E-state index in [4.69, 9.17) is 4.74 Å². The molecule has 2 fully saturated rings. The second-order valence-electron chi connectivity index (χ2n) is 6.95. The molecular formula is C16H29NO3. The summed E-state index contributed by atoms with van der Waals surface area (Å²) in [6.07, 6.45) is 6.56. The number of nitrogens with zero attached hydrogens (tertiary/aromatic N) is 1. The maximum absolute atomic E-state index is 12.5. The molecule has 1 N–H and O–H groups in total. The van der Waals surface area contributed by atoms with Crippen LogP contribution in [0.4, 0.5) is 0 Å². The molecule has 0 aromatic heterocycles. The fourth-order valence-electron chi connectivity index (χ4n) is 3.67. The zero-order valence-electron chi connectivity index (χ0n) is 13.1. The van der Waals surface area contributed by atoms with Crippen LogP contribution in [-0.4, -0.2) is 47.3 Å². The number of carbonyl (C=O) groups excluding carboxylic acids is 1. The van der Waals surface area contributed by atoms with Crippen molar-refractivity contribution in [3.05, 3.63) is 0 Å². The van der Waals surface area contributed by atoms with Gasteiger partial charge >= 0.3 is 0 Å². The van der Waals surface area contributed by atoms with Crippen molar-refractivity contribution >= 4 is 5.91 Å². The molecule has 1 aliphatic heterocycles. The number of hydrogen-bond donors (Lipinski definition) is 1. The third-order valence-corrected chi connectivity index (χ3v) is 5.02. The van der Waals surface area contributed by atoms with Crippen LogP contribution in [0.15, 0.2) is 0 Å². The summed E-state index contributed by atoms with van der Waals surface area (Å²) in [6.45, 7) is 4.74. The number of aliphatic hydroxyl groups excluding tert-OH is 1. The van der Waals surface area contributed by atoms with Gasteiger partial charge in [0.1, 0.15) is 0 Å². The topological polar surface area (TPSA) is 49.8 Å². The molecule has 0 spiro atoms. The van der Waals surface area contributed by atoms with Crippen molar-refractivity contribution in [3.63, 3.8) is 0 Å². The highest BCUT2D eigenvalue weighted by Gasteiger charge is 2.39. The van der Waals surface area contributed by atoms with Crippen LogP contribution in [0.25, 0.3) is 0 Å². The first-order chi connectivity index (χ1) is 9.44. The van der Waals surface area contributed by atoms with Crippen molar-refractivity contribution < 1.29 is 14.6 Å². The molecule has 0 bridgehead atoms. The molecule has 20 heavy (non-hydrogen) atoms. The molecule has 3 unspecified atom stereocenters. The summed E-state index contributed by atoms with van der Waals surface area (Å²) in [4.78, 5) is 14.6. The quantitative estimate of drug-likeness (QED) is 0.861. The molecule has 2 rings (SSSR count). The maximum Gasteiger partial charge on any atom is 0.225 e. The average molecular weight is 283 g/mol. The Morgan fingerprint density at radius 1 is 1.25 bits per heavy atom. The van der Waals surface area contributed by atoms with Crippen molar-refractivity contribution in [2.45, 2.75) is 76.5 Å². The van der Waals surface area contributed by atoms with Gasteiger partial charge in [-0.25, -0.2) is 0 Å². The first kappa shape index (κ1) is 15.8. The zero-order valence-corrected chi connectivity index (χ0v) is 13.1. The van der Waals surface area contributed by atoms with E-state index in [1.165, 1.54) is 6.42 Å². The SMILES string of the molecule is COC(C)(C)CC(=O)N1CCCC1C1CCCCC1O. The Morgan fingerprint density at radius 2 is 1.95 bits per heavy atom. The van der Waals surface area contributed by atoms with Crippen molar-refractivity contribution in [2.75, 3.05) is 13.7 Å². The summed E-state index contributed by atoms with van der Waals surface area (Å²) >= 11 is 0. The normalized spacial score (nSPS) is 31.6. The van der Waals surface area contributed by atoms with E-state index in [-0.39, 0.29) is 24.0 Å². The molecule has 1 aliphatic carbocycles. The maximum atomic E-state index is 12.5. The molecule has 0 radical (unpaired) electrons. The van der Waals surface area contributed by atoms with Crippen LogP contribution in [0.1, 0.15) is 58.8 Å². The Hall–Kier alpha value is -0.610. The lowest BCUT2D eigenvalue weighted by molar-refractivity contribution is -0.139. The first-order valence-electron chi connectivity index (χ1n) is 7.97. The van der Waals surface area contributed by atoms with E-state index in [1.54, 1.807) is 7.11 Å². The minimum absolute atomic E-state index is 0.178. The van der Waals surface area contributed by atoms with Gasteiger partial charge in [0.05, 0.1) is 18.1 Å². The number of methoxy groups -OCH3 is 1. The van der Waals surface area contributed by atoms with E-state index in [0.717, 1.165) is 38.6 Å². The minimum Gasteiger partial charge on any atom is -0.393 e. The van der Waals surface area contributed by atoms with Crippen LogP contribution in [0.2, 0.25) is 0 Å². The van der Waals surface area contributed by atoms with Crippen LogP contribution >= 0.6 is 0 Å². The highest BCUT2D eigenvalue weighted by molar-refractivity contribution is 5.77. The van der Waals surface area contributed by atoms with Crippen LogP contribution in [0, 0.1) is 5.92 Å². The number of amides is 1. The third-order valence-electron chi connectivity index (χ3n) is 5.02. The van der Waals surface area contributed by atoms with Gasteiger partial charge in [0.25, 0.3) is 0 Å². The smallest absolute Gasteiger partial charge is 0.225 e. The van der Waals surface area contributed by atoms with Gasteiger partial charge in [0.15, 0.2) is 0 Å². The number of rotatable bonds is 4. The predicted octanol–water partition coefficient (Wildman–Crippen LogP) is 2.34. The fourth-order valence-corrected chi connectivity index (χ4v) is 3.67. The number of aliphatic hydroxyl groups is 1. The zero-order chi connectivity index (χ0) is 14.8. The number of hydrogen-bond acceptors (Lipinski definition) is 3. The van der Waals surface area contributed by atoms with Crippen molar-refractivity contribution in [3.8, 4) is 0 Å². The van der Waals surface area contributed by atoms with E-state index < -0.39 is 5.60 Å². The van der Waals surface area contributed by atoms with E-state index >= 15 is 0 Å². The van der Waals surface area contributed by atoms with Crippen molar-refractivity contribution in [1.82, 2.24) is 4.90 Å². The lowest BCUT2D eigenvalue weighted by Crippen LogP contribution is -2.47. The lowest BCUT2D eigenvalue weighted by Gasteiger charge is -2.38. The molecule has 1 heterocycles. The van der Waals surface area contributed by atoms with Gasteiger partial charge in [-0.3, -0.25) is 4.79 Å². The monoisotopic (exact) mass is 283 g/mol. The molecular weight excluding hydrogens is 254 g/mol. The molecule has 1 amide bonds. The fraction of sp³-hybridized carbons (Fsp3) is 0.938. The molecule has 1 saturated heterocycles. The van der Waals surface area contributed by atoms with E-state index in [9.17, 15) is 9.90 Å². The van der Waals surface area contributed by atoms with Crippen LogP contribution < -0.4 is 0 Å². The van der Waals surface area contributed by atoms with Crippen LogP contribution in [0.3, 0.4) is 0 Å². The number of carbonyl (C=O) groups is 1. The van der Waals surface area contributed by atoms with E-state index in [0.29, 0.717) is 6.42 Å². The van der Waals surface area contributed by atoms with Gasteiger partial charge in [-0.05, 0) is 39.5 Å². The number of likely N-dealkylation sites (tertiary alicyclic amines) is 1. The van der Waals surface area contributed by atoms with Gasteiger partial charge < -0.3 is 14.7 Å². The highest BCUT2D eigenvalue weighted by Crippen LogP contribution is 2.35. The van der Waals surface area contributed by atoms with Gasteiger partial charge in [0.2, 0.25) is 5.91 Å². The molecule has 0 aromatic carbocycles. The van der Waals surface area contributed by atoms with E-state index in [1.807, 2.05) is 18.7 Å². The van der Waals surface area contributed by atoms with Crippen LogP contribution in [-0.2, 0) is 9.53 Å². The highest BCUT2D eigenvalue weighted by atomic mass is 16.5. The number of ether oxygens (including phenoxy) is 1. The third kappa shape index (κ3) is 3.53. The van der Waals surface area contributed by atoms with Gasteiger partial charge in [-0.15, -0.1) is 0 Å². The molecule has 116 valence electrons. The Bertz CT molecular complexity index is 343. The van der Waals surface area contributed by atoms with E-state index in [2.05, 4.69) is 0 Å². The second-order valence-corrected chi connectivity index (χ2v) is 6.95. The van der Waals surface area contributed by atoms with Crippen LogP contribution in [0.5, 0.6) is 0 Å². The Labute approximate surface area is 122 Å². The average Bonchev–Trinajstić information content (AvgIpc) is 2.88. The minimum atomic E-state index is -0.407. The molecule has 2 aliphatic rings. The molecule has 4 heteroatoms. The lowest BCUT2D eigenvalue weighted by atomic mass is 9.80. The summed E-state index contributed by atoms with van der Waals surface area (Å²) in [5.74, 6) is 0.456. The van der Waals surface area contributed by atoms with Gasteiger partial charge in [0, 0.05) is 25.6 Å². The summed E-state index contributed by atoms with van der Waals surface area (Å²) in [6, 6.07) is 0.241. The molecule has 1 saturated carbocycles. The van der Waals surface area contributed by atoms with Gasteiger partial charge in [-0.2, -0.15) is 0 Å².